The number of aliphatic hydroxyl groups excluding tert-OH is 1. The number of nitrogens with zero attached hydrogens (tertiary/aromatic N) is 1. The Bertz CT molecular complexity index is 358. The fraction of sp³-hybridized carbons (Fsp3) is 0.300. The molecule has 1 aromatic rings. The molecule has 4 heteroatoms. The molecule has 1 aromatic carbocycles. The van der Waals surface area contributed by atoms with Gasteiger partial charge in [-0.05, 0) is 17.7 Å². The number of nitrogens with two attached hydrogens (primary N) is 1. The van der Waals surface area contributed by atoms with Crippen molar-refractivity contribution in [2.45, 2.75) is 6.04 Å². The second kappa shape index (κ2) is 4.61. The lowest BCUT2D eigenvalue weighted by Gasteiger charge is -2.10. The van der Waals surface area contributed by atoms with Crippen molar-refractivity contribution in [3.8, 4) is 11.8 Å². The van der Waals surface area contributed by atoms with E-state index in [9.17, 15) is 0 Å². The zero-order valence-corrected chi connectivity index (χ0v) is 7.90. The Labute approximate surface area is 82.5 Å². The number of hydrogen-bond donors (Lipinski definition) is 2. The average Bonchev–Trinajstić information content (AvgIpc) is 2.26. The monoisotopic (exact) mass is 192 g/mol. The number of ether oxygens (including phenoxy) is 1. The van der Waals surface area contributed by atoms with Gasteiger partial charge in [0, 0.05) is 0 Å². The molecule has 0 aliphatic heterocycles. The summed E-state index contributed by atoms with van der Waals surface area (Å²) in [7, 11) is 1.50. The molecule has 4 nitrogen and oxygen atoms in total. The number of methoxy groups -OCH3 is 1. The van der Waals surface area contributed by atoms with Crippen molar-refractivity contribution < 1.29 is 9.84 Å². The summed E-state index contributed by atoms with van der Waals surface area (Å²) in [5, 5.41) is 17.6. The Morgan fingerprint density at radius 3 is 2.86 bits per heavy atom. The van der Waals surface area contributed by atoms with Gasteiger partial charge in [0.1, 0.15) is 11.8 Å². The third-order valence-electron chi connectivity index (χ3n) is 1.97. The van der Waals surface area contributed by atoms with Crippen molar-refractivity contribution in [1.82, 2.24) is 0 Å². The second-order valence-corrected chi connectivity index (χ2v) is 2.86. The molecule has 14 heavy (non-hydrogen) atoms. The molecular formula is C10H12N2O2. The summed E-state index contributed by atoms with van der Waals surface area (Å²) in [4.78, 5) is 0. The van der Waals surface area contributed by atoms with Crippen LogP contribution in [-0.2, 0) is 0 Å². The molecule has 0 spiro atoms. The van der Waals surface area contributed by atoms with E-state index in [0.717, 1.165) is 5.56 Å². The van der Waals surface area contributed by atoms with Crippen LogP contribution in [-0.4, -0.2) is 18.8 Å². The maximum Gasteiger partial charge on any atom is 0.136 e. The van der Waals surface area contributed by atoms with Crippen molar-refractivity contribution in [2.75, 3.05) is 13.7 Å². The lowest BCUT2D eigenvalue weighted by Crippen LogP contribution is -2.14. The molecule has 0 fully saturated rings. The molecule has 1 atom stereocenters. The van der Waals surface area contributed by atoms with E-state index >= 15 is 0 Å². The smallest absolute Gasteiger partial charge is 0.136 e. The van der Waals surface area contributed by atoms with Crippen LogP contribution in [0.1, 0.15) is 17.2 Å². The third kappa shape index (κ3) is 2.02. The van der Waals surface area contributed by atoms with E-state index in [4.69, 9.17) is 20.8 Å². The van der Waals surface area contributed by atoms with Crippen molar-refractivity contribution in [1.29, 1.82) is 5.26 Å². The van der Waals surface area contributed by atoms with Crippen LogP contribution in [0.15, 0.2) is 18.2 Å². The topological polar surface area (TPSA) is 79.3 Å². The van der Waals surface area contributed by atoms with Crippen LogP contribution >= 0.6 is 0 Å². The molecule has 0 aromatic heterocycles. The first-order chi connectivity index (χ1) is 6.72. The van der Waals surface area contributed by atoms with Gasteiger partial charge in [-0.15, -0.1) is 0 Å². The van der Waals surface area contributed by atoms with Crippen LogP contribution in [0.5, 0.6) is 5.75 Å². The Hall–Kier alpha value is -1.57. The van der Waals surface area contributed by atoms with Crippen molar-refractivity contribution in [3.63, 3.8) is 0 Å². The largest absolute Gasteiger partial charge is 0.495 e. The summed E-state index contributed by atoms with van der Waals surface area (Å²) >= 11 is 0. The summed E-state index contributed by atoms with van der Waals surface area (Å²) in [5.74, 6) is 0.515. The number of benzene rings is 1. The molecule has 0 unspecified atom stereocenters. The highest BCUT2D eigenvalue weighted by atomic mass is 16.5. The highest BCUT2D eigenvalue weighted by Crippen LogP contribution is 2.21. The van der Waals surface area contributed by atoms with Crippen LogP contribution in [0, 0.1) is 11.3 Å². The van der Waals surface area contributed by atoms with Gasteiger partial charge in [-0.2, -0.15) is 5.26 Å². The normalized spacial score (nSPS) is 11.9. The maximum absolute atomic E-state index is 8.84. The van der Waals surface area contributed by atoms with E-state index in [1.165, 1.54) is 7.11 Å². The minimum atomic E-state index is -0.451. The van der Waals surface area contributed by atoms with Crippen LogP contribution in [0.25, 0.3) is 0 Å². The molecule has 0 saturated carbocycles. The fourth-order valence-electron chi connectivity index (χ4n) is 1.15. The predicted molar refractivity (Wildman–Crippen MR) is 51.7 cm³/mol. The quantitative estimate of drug-likeness (QED) is 0.733. The SMILES string of the molecule is COc1ccc([C@H](N)CO)cc1C#N. The van der Waals surface area contributed by atoms with Crippen molar-refractivity contribution in [2.24, 2.45) is 5.73 Å². The van der Waals surface area contributed by atoms with E-state index < -0.39 is 6.04 Å². The maximum atomic E-state index is 8.84. The highest BCUT2D eigenvalue weighted by molar-refractivity contribution is 5.46. The van der Waals surface area contributed by atoms with Gasteiger partial charge in [0.15, 0.2) is 0 Å². The number of rotatable bonds is 3. The summed E-state index contributed by atoms with van der Waals surface area (Å²) in [6.45, 7) is -0.142. The molecule has 3 N–H and O–H groups in total. The molecule has 0 amide bonds. The van der Waals surface area contributed by atoms with E-state index in [2.05, 4.69) is 0 Å². The Morgan fingerprint density at radius 2 is 2.36 bits per heavy atom. The zero-order chi connectivity index (χ0) is 10.6. The molecule has 0 heterocycles. The molecule has 0 aliphatic rings. The molecule has 0 bridgehead atoms. The molecule has 0 aliphatic carbocycles. The molecular weight excluding hydrogens is 180 g/mol. The zero-order valence-electron chi connectivity index (χ0n) is 7.90. The number of hydrogen-bond acceptors (Lipinski definition) is 4. The van der Waals surface area contributed by atoms with Gasteiger partial charge in [0.2, 0.25) is 0 Å². The summed E-state index contributed by atoms with van der Waals surface area (Å²) in [6.07, 6.45) is 0. The minimum Gasteiger partial charge on any atom is -0.495 e. The first-order valence-corrected chi connectivity index (χ1v) is 4.17. The minimum absolute atomic E-state index is 0.142. The molecule has 0 radical (unpaired) electrons. The van der Waals surface area contributed by atoms with Crippen LogP contribution in [0.3, 0.4) is 0 Å². The third-order valence-corrected chi connectivity index (χ3v) is 1.97. The van der Waals surface area contributed by atoms with Crippen LogP contribution < -0.4 is 10.5 Å². The Balaban J connectivity index is 3.09. The van der Waals surface area contributed by atoms with E-state index in [1.54, 1.807) is 18.2 Å². The second-order valence-electron chi connectivity index (χ2n) is 2.86. The number of nitriles is 1. The summed E-state index contributed by atoms with van der Waals surface area (Å²) < 4.78 is 4.98. The van der Waals surface area contributed by atoms with Gasteiger partial charge < -0.3 is 15.6 Å². The van der Waals surface area contributed by atoms with Crippen LogP contribution in [0.2, 0.25) is 0 Å². The number of aliphatic hydroxyl groups is 1. The standard InChI is InChI=1S/C10H12N2O2/c1-14-10-3-2-7(9(12)6-13)4-8(10)5-11/h2-4,9,13H,6,12H2,1H3/t9-/m1/s1. The highest BCUT2D eigenvalue weighted by Gasteiger charge is 2.08. The van der Waals surface area contributed by atoms with Crippen LogP contribution in [0.4, 0.5) is 0 Å². The average molecular weight is 192 g/mol. The van der Waals surface area contributed by atoms with Crippen molar-refractivity contribution in [3.05, 3.63) is 29.3 Å². The Kier molecular flexibility index (Phi) is 3.46. The van der Waals surface area contributed by atoms with Gasteiger partial charge in [0.05, 0.1) is 25.3 Å². The molecule has 0 saturated heterocycles. The summed E-state index contributed by atoms with van der Waals surface area (Å²) in [6, 6.07) is 6.58. The predicted octanol–water partition coefficient (Wildman–Crippen LogP) is 0.559. The van der Waals surface area contributed by atoms with Gasteiger partial charge in [0.25, 0.3) is 0 Å². The lowest BCUT2D eigenvalue weighted by atomic mass is 10.0. The van der Waals surface area contributed by atoms with E-state index in [0.29, 0.717) is 11.3 Å². The van der Waals surface area contributed by atoms with Crippen molar-refractivity contribution >= 4 is 0 Å². The fourth-order valence-corrected chi connectivity index (χ4v) is 1.15. The Morgan fingerprint density at radius 1 is 1.64 bits per heavy atom. The lowest BCUT2D eigenvalue weighted by molar-refractivity contribution is 0.268. The first-order valence-electron chi connectivity index (χ1n) is 4.17. The van der Waals surface area contributed by atoms with Gasteiger partial charge in [-0.1, -0.05) is 6.07 Å². The summed E-state index contributed by atoms with van der Waals surface area (Å²) in [5.41, 5.74) is 6.76. The van der Waals surface area contributed by atoms with Gasteiger partial charge >= 0.3 is 0 Å². The van der Waals surface area contributed by atoms with Gasteiger partial charge in [-0.3, -0.25) is 0 Å². The molecule has 1 rings (SSSR count). The molecule has 74 valence electrons. The van der Waals surface area contributed by atoms with E-state index in [1.807, 2.05) is 6.07 Å². The first kappa shape index (κ1) is 10.5. The van der Waals surface area contributed by atoms with E-state index in [-0.39, 0.29) is 6.61 Å². The van der Waals surface area contributed by atoms with Gasteiger partial charge in [-0.25, -0.2) is 0 Å².